The molecular weight excluding hydrogens is 600 g/mol. The van der Waals surface area contributed by atoms with Gasteiger partial charge in [-0.3, -0.25) is 4.79 Å². The highest BCUT2D eigenvalue weighted by Crippen LogP contribution is 2.36. The molecule has 2 N–H and O–H groups in total. The standard InChI is InChI=1S/C31H25N3O10.CH5N/c1-40-31(39)24-22(17-35)34(33-32-24)27-26(44-30(38)21-15-9-4-10-16-21)25(43-29(37)20-13-7-3-8-14-20)23(42-27)18-41-28(36)19-11-5-2-6-12-19;1-2/h2-17,23,25-27H,18H2,1H3;2H2,1H3. The molecule has 4 atom stereocenters. The summed E-state index contributed by atoms with van der Waals surface area (Å²) in [6, 6.07) is 24.2. The Labute approximate surface area is 262 Å². The molecule has 4 unspecified atom stereocenters. The molecule has 0 saturated carbocycles. The fourth-order valence-corrected chi connectivity index (χ4v) is 4.49. The Balaban J connectivity index is 0.00000235. The average Bonchev–Trinajstić information content (AvgIpc) is 3.69. The van der Waals surface area contributed by atoms with Crippen molar-refractivity contribution in [3.8, 4) is 0 Å². The first-order chi connectivity index (χ1) is 22.4. The third-order valence-corrected chi connectivity index (χ3v) is 6.64. The van der Waals surface area contributed by atoms with Crippen molar-refractivity contribution in [3.05, 3.63) is 119 Å². The molecule has 1 aliphatic heterocycles. The highest BCUT2D eigenvalue weighted by Gasteiger charge is 2.52. The molecule has 238 valence electrons. The minimum atomic E-state index is -1.46. The van der Waals surface area contributed by atoms with Crippen LogP contribution in [0.1, 0.15) is 58.3 Å². The van der Waals surface area contributed by atoms with E-state index in [1.165, 1.54) is 31.3 Å². The second-order valence-electron chi connectivity index (χ2n) is 9.38. The number of esters is 4. The fraction of sp³-hybridized carbons (Fsp3) is 0.219. The number of methoxy groups -OCH3 is 1. The van der Waals surface area contributed by atoms with Crippen LogP contribution in [0.25, 0.3) is 0 Å². The van der Waals surface area contributed by atoms with Crippen LogP contribution in [0.3, 0.4) is 0 Å². The number of aromatic nitrogens is 3. The minimum Gasteiger partial charge on any atom is -0.464 e. The Bertz CT molecular complexity index is 1650. The van der Waals surface area contributed by atoms with Crippen molar-refractivity contribution in [3.63, 3.8) is 0 Å². The zero-order valence-electron chi connectivity index (χ0n) is 24.8. The number of hydrogen-bond acceptors (Lipinski definition) is 13. The van der Waals surface area contributed by atoms with E-state index >= 15 is 0 Å². The number of benzene rings is 3. The van der Waals surface area contributed by atoms with Crippen LogP contribution in [-0.2, 0) is 23.7 Å². The number of carbonyl (C=O) groups is 5. The SMILES string of the molecule is CN.COC(=O)c1nnn(C2OC(COC(=O)c3ccccc3)C(OC(=O)c3ccccc3)C2OC(=O)c2ccccc2)c1C=O. The van der Waals surface area contributed by atoms with Crippen molar-refractivity contribution < 1.29 is 47.7 Å². The van der Waals surface area contributed by atoms with Crippen LogP contribution >= 0.6 is 0 Å². The maximum atomic E-state index is 13.3. The summed E-state index contributed by atoms with van der Waals surface area (Å²) in [4.78, 5) is 63.6. The molecule has 1 aromatic heterocycles. The summed E-state index contributed by atoms with van der Waals surface area (Å²) in [5.41, 5.74) is 4.34. The van der Waals surface area contributed by atoms with E-state index in [1.807, 2.05) is 0 Å². The first kappa shape index (κ1) is 33.2. The van der Waals surface area contributed by atoms with Gasteiger partial charge in [0, 0.05) is 0 Å². The lowest BCUT2D eigenvalue weighted by molar-refractivity contribution is -0.0682. The summed E-state index contributed by atoms with van der Waals surface area (Å²) in [5.74, 6) is -3.24. The molecule has 14 heteroatoms. The topological polar surface area (TPSA) is 188 Å². The Morgan fingerprint density at radius 1 is 0.761 bits per heavy atom. The maximum Gasteiger partial charge on any atom is 0.361 e. The zero-order chi connectivity index (χ0) is 33.1. The molecule has 1 aliphatic rings. The number of ether oxygens (including phenoxy) is 5. The molecular formula is C32H30N4O10. The number of aldehydes is 1. The predicted octanol–water partition coefficient (Wildman–Crippen LogP) is 2.66. The van der Waals surface area contributed by atoms with Crippen LogP contribution in [0.2, 0.25) is 0 Å². The van der Waals surface area contributed by atoms with Crippen molar-refractivity contribution in [2.45, 2.75) is 24.5 Å². The Hall–Kier alpha value is -5.73. The van der Waals surface area contributed by atoms with Gasteiger partial charge in [0.15, 0.2) is 24.7 Å². The van der Waals surface area contributed by atoms with Crippen LogP contribution in [0.15, 0.2) is 91.0 Å². The third-order valence-electron chi connectivity index (χ3n) is 6.64. The lowest BCUT2D eigenvalue weighted by atomic mass is 10.1. The number of nitrogens with zero attached hydrogens (tertiary/aromatic N) is 3. The van der Waals surface area contributed by atoms with Gasteiger partial charge in [-0.1, -0.05) is 59.8 Å². The fourth-order valence-electron chi connectivity index (χ4n) is 4.49. The zero-order valence-corrected chi connectivity index (χ0v) is 24.8. The van der Waals surface area contributed by atoms with Gasteiger partial charge in [-0.15, -0.1) is 5.10 Å². The highest BCUT2D eigenvalue weighted by molar-refractivity contribution is 5.95. The summed E-state index contributed by atoms with van der Waals surface area (Å²) in [5, 5.41) is 7.63. The summed E-state index contributed by atoms with van der Waals surface area (Å²) in [6.07, 6.45) is -5.21. The van der Waals surface area contributed by atoms with Gasteiger partial charge < -0.3 is 29.4 Å². The highest BCUT2D eigenvalue weighted by atomic mass is 16.7. The molecule has 0 amide bonds. The second kappa shape index (κ2) is 15.8. The smallest absolute Gasteiger partial charge is 0.361 e. The van der Waals surface area contributed by atoms with Crippen molar-refractivity contribution in [2.75, 3.05) is 20.8 Å². The predicted molar refractivity (Wildman–Crippen MR) is 159 cm³/mol. The lowest BCUT2D eigenvalue weighted by Gasteiger charge is -2.24. The van der Waals surface area contributed by atoms with Gasteiger partial charge in [0.1, 0.15) is 18.4 Å². The van der Waals surface area contributed by atoms with Crippen LogP contribution in [0, 0.1) is 0 Å². The van der Waals surface area contributed by atoms with E-state index in [2.05, 4.69) is 20.8 Å². The molecule has 1 fully saturated rings. The Kier molecular flexibility index (Phi) is 11.4. The molecule has 0 radical (unpaired) electrons. The molecule has 0 spiro atoms. The van der Waals surface area contributed by atoms with Gasteiger partial charge in [0.2, 0.25) is 5.69 Å². The third kappa shape index (κ3) is 7.49. The first-order valence-electron chi connectivity index (χ1n) is 13.9. The van der Waals surface area contributed by atoms with Gasteiger partial charge >= 0.3 is 23.9 Å². The Morgan fingerprint density at radius 2 is 1.24 bits per heavy atom. The van der Waals surface area contributed by atoms with Crippen molar-refractivity contribution in [1.29, 1.82) is 0 Å². The monoisotopic (exact) mass is 630 g/mol. The van der Waals surface area contributed by atoms with Crippen LogP contribution in [0.4, 0.5) is 0 Å². The molecule has 46 heavy (non-hydrogen) atoms. The quantitative estimate of drug-likeness (QED) is 0.153. The molecule has 5 rings (SSSR count). The normalized spacial score (nSPS) is 18.3. The van der Waals surface area contributed by atoms with Gasteiger partial charge in [-0.05, 0) is 43.4 Å². The summed E-state index contributed by atoms with van der Waals surface area (Å²) >= 11 is 0. The van der Waals surface area contributed by atoms with Crippen molar-refractivity contribution in [2.24, 2.45) is 5.73 Å². The van der Waals surface area contributed by atoms with Gasteiger partial charge in [-0.2, -0.15) is 0 Å². The molecule has 0 bridgehead atoms. The van der Waals surface area contributed by atoms with E-state index in [0.29, 0.717) is 6.29 Å². The minimum absolute atomic E-state index is 0.169. The largest absolute Gasteiger partial charge is 0.464 e. The maximum absolute atomic E-state index is 13.3. The van der Waals surface area contributed by atoms with E-state index in [9.17, 15) is 24.0 Å². The number of rotatable bonds is 10. The van der Waals surface area contributed by atoms with Gasteiger partial charge in [0.25, 0.3) is 0 Å². The second-order valence-corrected chi connectivity index (χ2v) is 9.38. The molecule has 1 saturated heterocycles. The van der Waals surface area contributed by atoms with Crippen LogP contribution in [-0.4, -0.2) is 84.2 Å². The number of hydrogen-bond donors (Lipinski definition) is 1. The van der Waals surface area contributed by atoms with Crippen molar-refractivity contribution in [1.82, 2.24) is 15.0 Å². The molecule has 0 aliphatic carbocycles. The van der Waals surface area contributed by atoms with Gasteiger partial charge in [0.05, 0.1) is 23.8 Å². The van der Waals surface area contributed by atoms with Gasteiger partial charge in [-0.25, -0.2) is 23.9 Å². The van der Waals surface area contributed by atoms with Crippen LogP contribution < -0.4 is 5.73 Å². The first-order valence-corrected chi connectivity index (χ1v) is 13.9. The summed E-state index contributed by atoms with van der Waals surface area (Å²) in [6.45, 7) is -0.453. The number of carbonyl (C=O) groups excluding carboxylic acids is 5. The molecule has 3 aromatic carbocycles. The van der Waals surface area contributed by atoms with E-state index in [4.69, 9.17) is 18.9 Å². The van der Waals surface area contributed by atoms with Crippen molar-refractivity contribution >= 4 is 30.2 Å². The molecule has 4 aromatic rings. The lowest BCUT2D eigenvalue weighted by Crippen LogP contribution is -2.41. The van der Waals surface area contributed by atoms with E-state index in [0.717, 1.165) is 11.8 Å². The van der Waals surface area contributed by atoms with E-state index in [-0.39, 0.29) is 22.4 Å². The molecule has 14 nitrogen and oxygen atoms in total. The molecule has 2 heterocycles. The number of nitrogens with two attached hydrogens (primary N) is 1. The van der Waals surface area contributed by atoms with E-state index in [1.54, 1.807) is 66.7 Å². The average molecular weight is 631 g/mol. The summed E-state index contributed by atoms with van der Waals surface area (Å²) in [7, 11) is 2.60. The Morgan fingerprint density at radius 3 is 1.72 bits per heavy atom. The van der Waals surface area contributed by atoms with Crippen LogP contribution in [0.5, 0.6) is 0 Å². The van der Waals surface area contributed by atoms with E-state index < -0.39 is 60.7 Å². The summed E-state index contributed by atoms with van der Waals surface area (Å²) < 4.78 is 28.9.